The van der Waals surface area contributed by atoms with Crippen molar-refractivity contribution in [2.45, 2.75) is 50.1 Å². The van der Waals surface area contributed by atoms with Gasteiger partial charge in [0.2, 0.25) is 5.91 Å². The number of alkyl carbamates (subject to hydrolysis) is 1. The maximum Gasteiger partial charge on any atom is 0.407 e. The Hall–Kier alpha value is -3.00. The number of hydrogen-bond acceptors (Lipinski definition) is 5. The summed E-state index contributed by atoms with van der Waals surface area (Å²) in [6.45, 7) is 0.0979. The molecule has 4 rings (SSSR count). The molecule has 7 nitrogen and oxygen atoms in total. The van der Waals surface area contributed by atoms with Gasteiger partial charge in [0.05, 0.1) is 6.42 Å². The Kier molecular flexibility index (Phi) is 8.33. The molecule has 0 radical (unpaired) electrons. The average molecular weight is 497 g/mol. The number of carboxylic acids is 1. The number of carbonyl (C=O) groups is 3. The first-order valence-corrected chi connectivity index (χ1v) is 13.5. The van der Waals surface area contributed by atoms with Crippen LogP contribution in [0.4, 0.5) is 4.79 Å². The fraction of sp³-hybridized carbons (Fsp3) is 0.444. The number of rotatable bonds is 9. The van der Waals surface area contributed by atoms with Gasteiger partial charge in [-0.3, -0.25) is 9.59 Å². The molecular formula is C27H32N2O5S. The second-order valence-electron chi connectivity index (χ2n) is 9.30. The summed E-state index contributed by atoms with van der Waals surface area (Å²) in [6, 6.07) is 14.8. The quantitative estimate of drug-likeness (QED) is 0.475. The molecular weight excluding hydrogens is 464 g/mol. The molecule has 2 amide bonds. The Morgan fingerprint density at radius 2 is 1.60 bits per heavy atom. The van der Waals surface area contributed by atoms with Gasteiger partial charge in [0.15, 0.2) is 0 Å². The van der Waals surface area contributed by atoms with E-state index in [2.05, 4.69) is 29.0 Å². The molecule has 0 spiro atoms. The largest absolute Gasteiger partial charge is 0.481 e. The molecule has 2 aliphatic rings. The summed E-state index contributed by atoms with van der Waals surface area (Å²) < 4.78 is 5.51. The van der Waals surface area contributed by atoms with E-state index in [1.165, 1.54) is 0 Å². The van der Waals surface area contributed by atoms with Gasteiger partial charge in [-0.2, -0.15) is 11.8 Å². The summed E-state index contributed by atoms with van der Waals surface area (Å²) in [6.07, 6.45) is 4.60. The lowest BCUT2D eigenvalue weighted by molar-refractivity contribution is -0.140. The molecule has 2 aliphatic carbocycles. The number of thioether (sulfide) groups is 1. The van der Waals surface area contributed by atoms with Gasteiger partial charge in [0.1, 0.15) is 12.6 Å². The molecule has 3 N–H and O–H groups in total. The number of amides is 2. The monoisotopic (exact) mass is 496 g/mol. The number of nitrogens with one attached hydrogen (secondary N) is 2. The van der Waals surface area contributed by atoms with E-state index >= 15 is 0 Å². The van der Waals surface area contributed by atoms with Crippen LogP contribution in [0.3, 0.4) is 0 Å². The van der Waals surface area contributed by atoms with E-state index in [4.69, 9.17) is 4.74 Å². The fourth-order valence-corrected chi connectivity index (χ4v) is 5.98. The molecule has 0 bridgehead atoms. The number of ether oxygens (including phenoxy) is 1. The highest BCUT2D eigenvalue weighted by Crippen LogP contribution is 2.44. The van der Waals surface area contributed by atoms with E-state index in [-0.39, 0.29) is 18.6 Å². The van der Waals surface area contributed by atoms with Crippen LogP contribution in [0.2, 0.25) is 0 Å². The molecule has 0 aromatic heterocycles. The zero-order chi connectivity index (χ0) is 24.8. The zero-order valence-corrected chi connectivity index (χ0v) is 20.7. The second kappa shape index (κ2) is 11.6. The molecule has 1 saturated carbocycles. The molecule has 8 heteroatoms. The highest BCUT2D eigenvalue weighted by Gasteiger charge is 2.31. The predicted molar refractivity (Wildman–Crippen MR) is 137 cm³/mol. The fourth-order valence-electron chi connectivity index (χ4n) is 5.18. The first-order chi connectivity index (χ1) is 17.0. The summed E-state index contributed by atoms with van der Waals surface area (Å²) in [7, 11) is 0. The normalized spacial score (nSPS) is 19.8. The Balaban J connectivity index is 1.34. The van der Waals surface area contributed by atoms with E-state index < -0.39 is 30.4 Å². The molecule has 0 heterocycles. The Bertz CT molecular complexity index is 1020. The predicted octanol–water partition coefficient (Wildman–Crippen LogP) is 4.41. The lowest BCUT2D eigenvalue weighted by Gasteiger charge is -2.30. The van der Waals surface area contributed by atoms with Crippen molar-refractivity contribution in [1.29, 1.82) is 0 Å². The highest BCUT2D eigenvalue weighted by atomic mass is 32.2. The Morgan fingerprint density at radius 1 is 1.00 bits per heavy atom. The van der Waals surface area contributed by atoms with E-state index in [1.807, 2.05) is 48.2 Å². The van der Waals surface area contributed by atoms with Crippen LogP contribution in [0.15, 0.2) is 48.5 Å². The van der Waals surface area contributed by atoms with Crippen LogP contribution in [0.1, 0.15) is 49.1 Å². The lowest BCUT2D eigenvalue weighted by atomic mass is 9.87. The number of benzene rings is 2. The van der Waals surface area contributed by atoms with Crippen molar-refractivity contribution in [1.82, 2.24) is 10.6 Å². The van der Waals surface area contributed by atoms with E-state index in [9.17, 15) is 19.5 Å². The Morgan fingerprint density at radius 3 is 2.17 bits per heavy atom. The molecule has 1 fully saturated rings. The van der Waals surface area contributed by atoms with Crippen LogP contribution >= 0.6 is 11.8 Å². The third-order valence-corrected chi connectivity index (χ3v) is 7.73. The van der Waals surface area contributed by atoms with Gasteiger partial charge in [-0.05, 0) is 65.9 Å². The molecule has 2 aromatic carbocycles. The summed E-state index contributed by atoms with van der Waals surface area (Å²) in [4.78, 5) is 36.8. The van der Waals surface area contributed by atoms with Crippen molar-refractivity contribution >= 4 is 29.7 Å². The first-order valence-electron chi connectivity index (χ1n) is 12.1. The smallest absolute Gasteiger partial charge is 0.407 e. The summed E-state index contributed by atoms with van der Waals surface area (Å²) >= 11 is 1.83. The van der Waals surface area contributed by atoms with Gasteiger partial charge < -0.3 is 20.5 Å². The van der Waals surface area contributed by atoms with Crippen LogP contribution < -0.4 is 10.6 Å². The lowest BCUT2D eigenvalue weighted by Crippen LogP contribution is -2.51. The van der Waals surface area contributed by atoms with Crippen LogP contribution in [0.5, 0.6) is 0 Å². The van der Waals surface area contributed by atoms with Crippen molar-refractivity contribution in [3.63, 3.8) is 0 Å². The van der Waals surface area contributed by atoms with Crippen LogP contribution in [0, 0.1) is 5.92 Å². The molecule has 0 aliphatic heterocycles. The number of aliphatic carboxylic acids is 1. The maximum absolute atomic E-state index is 12.8. The van der Waals surface area contributed by atoms with E-state index in [1.54, 1.807) is 0 Å². The van der Waals surface area contributed by atoms with Crippen molar-refractivity contribution in [2.75, 3.05) is 18.6 Å². The SMILES string of the molecule is CSCC1CCC(NC(=O)C(CC(=O)O)NC(=O)OCC2c3ccccc3-c3ccccc32)CC1. The molecule has 35 heavy (non-hydrogen) atoms. The molecule has 1 atom stereocenters. The summed E-state index contributed by atoms with van der Waals surface area (Å²) in [5.41, 5.74) is 4.40. The van der Waals surface area contributed by atoms with Gasteiger partial charge in [-0.15, -0.1) is 0 Å². The van der Waals surface area contributed by atoms with Gasteiger partial charge >= 0.3 is 12.1 Å². The zero-order valence-electron chi connectivity index (χ0n) is 19.9. The summed E-state index contributed by atoms with van der Waals surface area (Å²) in [5, 5.41) is 14.7. The topological polar surface area (TPSA) is 105 Å². The van der Waals surface area contributed by atoms with Crippen molar-refractivity contribution in [3.05, 3.63) is 59.7 Å². The molecule has 1 unspecified atom stereocenters. The Labute approximate surface area is 210 Å². The van der Waals surface area contributed by atoms with Crippen molar-refractivity contribution in [2.24, 2.45) is 5.92 Å². The first kappa shape index (κ1) is 25.1. The minimum absolute atomic E-state index is 0.00112. The van der Waals surface area contributed by atoms with Gasteiger partial charge in [0.25, 0.3) is 0 Å². The van der Waals surface area contributed by atoms with Gasteiger partial charge in [0, 0.05) is 12.0 Å². The standard InChI is InChI=1S/C27H32N2O5S/c1-35-16-17-10-12-18(13-11-17)28-26(32)24(14-25(30)31)29-27(33)34-15-23-21-8-4-2-6-19(21)20-7-3-5-9-22(20)23/h2-9,17-18,23-24H,10-16H2,1H3,(H,28,32)(H,29,33)(H,30,31). The molecule has 186 valence electrons. The number of fused-ring (bicyclic) bond motifs is 3. The van der Waals surface area contributed by atoms with Crippen LogP contribution in [-0.2, 0) is 14.3 Å². The average Bonchev–Trinajstić information content (AvgIpc) is 3.17. The highest BCUT2D eigenvalue weighted by molar-refractivity contribution is 7.98. The van der Waals surface area contributed by atoms with E-state index in [0.29, 0.717) is 5.92 Å². The molecule has 0 saturated heterocycles. The number of carboxylic acid groups (broad SMARTS) is 1. The minimum atomic E-state index is -1.19. The van der Waals surface area contributed by atoms with E-state index in [0.717, 1.165) is 53.7 Å². The second-order valence-corrected chi connectivity index (χ2v) is 10.2. The third kappa shape index (κ3) is 6.17. The van der Waals surface area contributed by atoms with Gasteiger partial charge in [-0.25, -0.2) is 4.79 Å². The summed E-state index contributed by atoms with van der Waals surface area (Å²) in [5.74, 6) is 0.0244. The third-order valence-electron chi connectivity index (χ3n) is 6.93. The minimum Gasteiger partial charge on any atom is -0.481 e. The number of carbonyl (C=O) groups excluding carboxylic acids is 2. The van der Waals surface area contributed by atoms with Crippen molar-refractivity contribution < 1.29 is 24.2 Å². The van der Waals surface area contributed by atoms with Gasteiger partial charge in [-0.1, -0.05) is 48.5 Å². The van der Waals surface area contributed by atoms with Crippen LogP contribution in [0.25, 0.3) is 11.1 Å². The molecule has 2 aromatic rings. The number of hydrogen-bond donors (Lipinski definition) is 3. The van der Waals surface area contributed by atoms with Crippen molar-refractivity contribution in [3.8, 4) is 11.1 Å². The maximum atomic E-state index is 12.8. The van der Waals surface area contributed by atoms with Crippen LogP contribution in [-0.4, -0.2) is 53.8 Å².